The molecule has 0 spiro atoms. The summed E-state index contributed by atoms with van der Waals surface area (Å²) < 4.78 is 18.5. The molecule has 5 N–H and O–H groups in total. The quantitative estimate of drug-likeness (QED) is 0.0986. The molecule has 2 aromatic rings. The fourth-order valence-corrected chi connectivity index (χ4v) is 8.02. The Balaban J connectivity index is 1.19. The average molecular weight is 802 g/mol. The van der Waals surface area contributed by atoms with Gasteiger partial charge in [-0.05, 0) is 48.1 Å². The van der Waals surface area contributed by atoms with Gasteiger partial charge in [0.05, 0.1) is 82.6 Å². The van der Waals surface area contributed by atoms with E-state index in [1.807, 2.05) is 13.0 Å². The van der Waals surface area contributed by atoms with Crippen molar-refractivity contribution >= 4 is 35.2 Å². The summed E-state index contributed by atoms with van der Waals surface area (Å²) in [6.07, 6.45) is 10.8. The van der Waals surface area contributed by atoms with Crippen LogP contribution in [0.2, 0.25) is 0 Å². The Labute approximate surface area is 344 Å². The molecule has 2 aromatic heterocycles. The summed E-state index contributed by atoms with van der Waals surface area (Å²) >= 11 is 0. The third-order valence-corrected chi connectivity index (χ3v) is 11.4. The molecule has 0 radical (unpaired) electrons. The van der Waals surface area contributed by atoms with Crippen LogP contribution in [0.25, 0.3) is 0 Å². The molecular weight excluding hydrogens is 737 g/mol. The zero-order valence-electron chi connectivity index (χ0n) is 35.8. The van der Waals surface area contributed by atoms with Crippen LogP contribution in [0, 0.1) is 27.9 Å². The zero-order valence-corrected chi connectivity index (χ0v) is 35.8. The minimum absolute atomic E-state index is 0.0385. The number of rotatable bonds is 18. The molecule has 6 rings (SSSR count). The molecule has 3 unspecified atom stereocenters. The van der Waals surface area contributed by atoms with Gasteiger partial charge < -0.3 is 45.5 Å². The molecule has 0 saturated carbocycles. The number of hydrazone groups is 2. The first-order valence-electron chi connectivity index (χ1n) is 20.7. The maximum Gasteiger partial charge on any atom is 0.372 e. The van der Waals surface area contributed by atoms with Gasteiger partial charge in [0.2, 0.25) is 0 Å². The number of aromatic nitrogens is 2. The highest BCUT2D eigenvalue weighted by Gasteiger charge is 2.41. The van der Waals surface area contributed by atoms with Gasteiger partial charge in [-0.25, -0.2) is 4.98 Å². The number of nitrogens with zero attached hydrogens (tertiary/aromatic N) is 8. The van der Waals surface area contributed by atoms with Crippen LogP contribution >= 0.6 is 0 Å². The van der Waals surface area contributed by atoms with Crippen molar-refractivity contribution in [3.63, 3.8) is 0 Å². The summed E-state index contributed by atoms with van der Waals surface area (Å²) in [5.41, 5.74) is 8.19. The van der Waals surface area contributed by atoms with E-state index in [-0.39, 0.29) is 53.2 Å². The number of aliphatic imine (C=N–C) groups is 2. The van der Waals surface area contributed by atoms with Crippen LogP contribution < -0.4 is 30.8 Å². The van der Waals surface area contributed by atoms with E-state index in [1.165, 1.54) is 0 Å². The van der Waals surface area contributed by atoms with Gasteiger partial charge in [-0.3, -0.25) is 9.98 Å². The number of hydrogen-bond acceptors (Lipinski definition) is 14. The number of aryl methyl sites for hydroxylation is 1. The number of pyridine rings is 1. The van der Waals surface area contributed by atoms with Crippen LogP contribution in [0.1, 0.15) is 85.2 Å². The Morgan fingerprint density at radius 2 is 1.55 bits per heavy atom. The maximum absolute atomic E-state index is 9.87. The number of anilines is 2. The van der Waals surface area contributed by atoms with E-state index in [0.29, 0.717) is 67.9 Å². The van der Waals surface area contributed by atoms with Crippen LogP contribution in [0.15, 0.2) is 38.5 Å². The summed E-state index contributed by atoms with van der Waals surface area (Å²) in [4.78, 5) is 23.3. The number of nitrogens with one attached hydrogen (secondary N) is 1. The Morgan fingerprint density at radius 3 is 2.09 bits per heavy atom. The lowest BCUT2D eigenvalue weighted by Gasteiger charge is -2.48. The summed E-state index contributed by atoms with van der Waals surface area (Å²) in [5.74, 6) is 6.44. The fraction of sp³-hybridized carbons (Fsp3) is 0.674. The van der Waals surface area contributed by atoms with Gasteiger partial charge in [0, 0.05) is 48.6 Å². The normalized spacial score (nSPS) is 24.2. The van der Waals surface area contributed by atoms with Crippen LogP contribution in [0.4, 0.5) is 11.4 Å². The predicted octanol–water partition coefficient (Wildman–Crippen LogP) is 2.88. The lowest BCUT2D eigenvalue weighted by molar-refractivity contribution is -0.296. The number of aliphatic hydroxyl groups is 2. The number of ether oxygens (including phenoxy) is 3. The lowest BCUT2D eigenvalue weighted by atomic mass is 9.82. The van der Waals surface area contributed by atoms with Crippen molar-refractivity contribution in [1.82, 2.24) is 10.4 Å². The Bertz CT molecular complexity index is 1850. The summed E-state index contributed by atoms with van der Waals surface area (Å²) in [6.45, 7) is 23.0. The maximum atomic E-state index is 9.87. The second-order valence-electron chi connectivity index (χ2n) is 19.1. The van der Waals surface area contributed by atoms with Gasteiger partial charge >= 0.3 is 11.9 Å². The molecule has 6 heterocycles. The fourth-order valence-electron chi connectivity index (χ4n) is 8.02. The highest BCUT2D eigenvalue weighted by Crippen LogP contribution is 2.37. The summed E-state index contributed by atoms with van der Waals surface area (Å²) in [5, 5.41) is 28.5. The first-order valence-corrected chi connectivity index (χ1v) is 20.7. The van der Waals surface area contributed by atoms with Crippen molar-refractivity contribution in [1.29, 1.82) is 0 Å². The van der Waals surface area contributed by atoms with E-state index in [9.17, 15) is 10.2 Å². The lowest BCUT2D eigenvalue weighted by Crippen LogP contribution is -2.56. The van der Waals surface area contributed by atoms with E-state index in [1.54, 1.807) is 18.6 Å². The minimum Gasteiger partial charge on any atom is -0.486 e. The van der Waals surface area contributed by atoms with Gasteiger partial charge in [0.25, 0.3) is 0 Å². The average Bonchev–Trinajstić information content (AvgIpc) is 3.71. The molecular formula is C43H65N10O5+. The van der Waals surface area contributed by atoms with Gasteiger partial charge in [-0.15, -0.1) is 0 Å². The number of hydrogen-bond donors (Lipinski definition) is 4. The van der Waals surface area contributed by atoms with E-state index >= 15 is 0 Å². The summed E-state index contributed by atoms with van der Waals surface area (Å²) in [6, 6.07) is 4.06. The molecule has 58 heavy (non-hydrogen) atoms. The van der Waals surface area contributed by atoms with Crippen LogP contribution in [-0.4, -0.2) is 130 Å². The van der Waals surface area contributed by atoms with Crippen LogP contribution in [0.3, 0.4) is 0 Å². The molecule has 316 valence electrons. The highest BCUT2D eigenvalue weighted by atomic mass is 16.5. The smallest absolute Gasteiger partial charge is 0.372 e. The van der Waals surface area contributed by atoms with Crippen molar-refractivity contribution in [2.75, 3.05) is 82.0 Å². The van der Waals surface area contributed by atoms with Gasteiger partial charge in [-0.2, -0.15) is 10.2 Å². The second-order valence-corrected chi connectivity index (χ2v) is 19.1. The third kappa shape index (κ3) is 10.6. The van der Waals surface area contributed by atoms with Crippen molar-refractivity contribution in [2.45, 2.75) is 93.0 Å². The van der Waals surface area contributed by atoms with Gasteiger partial charge in [-0.1, -0.05) is 48.5 Å². The first-order chi connectivity index (χ1) is 27.6. The van der Waals surface area contributed by atoms with Crippen molar-refractivity contribution < 1.29 is 29.4 Å². The topological polar surface area (TPSA) is 189 Å². The highest BCUT2D eigenvalue weighted by molar-refractivity contribution is 6.38. The monoisotopic (exact) mass is 802 g/mol. The SMILES string of the molecule is CCc1cc(N2CC(C)(CO)C2)c#[n+]c1/C(C=NCC1CC(C)(C)CO1)=N/NCC(C)Oc1cc(N2CC(C)(CO)C2)cnc1/C(C=NCC1CC(C)(C)CO1)=N/N. The molecule has 4 saturated heterocycles. The van der Waals surface area contributed by atoms with Gasteiger partial charge in [0.15, 0.2) is 11.4 Å². The minimum atomic E-state index is -0.365. The predicted molar refractivity (Wildman–Crippen MR) is 228 cm³/mol. The largest absolute Gasteiger partial charge is 0.486 e. The Kier molecular flexibility index (Phi) is 13.3. The van der Waals surface area contributed by atoms with E-state index in [4.69, 9.17) is 40.1 Å². The van der Waals surface area contributed by atoms with Crippen LogP contribution in [-0.2, 0) is 15.9 Å². The van der Waals surface area contributed by atoms with Gasteiger partial charge in [0.1, 0.15) is 23.3 Å². The molecule has 4 aliphatic heterocycles. The molecule has 0 bridgehead atoms. The van der Waals surface area contributed by atoms with Crippen molar-refractivity contribution in [3.05, 3.63) is 41.5 Å². The number of aliphatic hydroxyl groups excluding tert-OH is 2. The Hall–Kier alpha value is -4.36. The van der Waals surface area contributed by atoms with E-state index in [2.05, 4.69) is 86.0 Å². The summed E-state index contributed by atoms with van der Waals surface area (Å²) in [7, 11) is 0. The molecule has 3 atom stereocenters. The molecule has 0 amide bonds. The Morgan fingerprint density at radius 1 is 0.966 bits per heavy atom. The number of nitrogens with two attached hydrogens (primary N) is 1. The van der Waals surface area contributed by atoms with E-state index < -0.39 is 0 Å². The first kappa shape index (κ1) is 43.2. The zero-order chi connectivity index (χ0) is 41.7. The molecule has 15 nitrogen and oxygen atoms in total. The molecule has 15 heteroatoms. The molecule has 4 aliphatic rings. The third-order valence-electron chi connectivity index (χ3n) is 11.4. The second kappa shape index (κ2) is 17.9. The molecule has 0 aliphatic carbocycles. The van der Waals surface area contributed by atoms with Crippen LogP contribution in [0.5, 0.6) is 5.75 Å². The molecule has 0 aromatic carbocycles. The molecule has 4 fully saturated rings. The standard InChI is InChI=1S/C43H64N10O5/c1-9-30-10-31(52-21-42(7,22-52)25-54)15-47-38(30)36(20-46-18-34-13-41(5,6)28-57-34)51-49-14-29(2)58-37-11-32(53-23-43(8,24-53)26-55)16-48-39(37)35(50-44)19-45-17-33-12-40(3,4)27-56-33/h10-11,16,19-20,29,33-34,54-55H,9,12-14,17-18,21-28H2,1-8H3,(H2,44,45,48)/p+1. The van der Waals surface area contributed by atoms with Crippen molar-refractivity contribution in [3.8, 4) is 5.75 Å². The van der Waals surface area contributed by atoms with Crippen molar-refractivity contribution in [2.24, 2.45) is 47.7 Å². The van der Waals surface area contributed by atoms with E-state index in [0.717, 1.165) is 55.9 Å².